The van der Waals surface area contributed by atoms with Gasteiger partial charge in [-0.1, -0.05) is 54.6 Å². The zero-order valence-corrected chi connectivity index (χ0v) is 15.6. The molecular formula is C24H18N4O. The molecule has 0 saturated heterocycles. The summed E-state index contributed by atoms with van der Waals surface area (Å²) in [5.41, 5.74) is 4.58. The number of amides is 1. The first-order valence-corrected chi connectivity index (χ1v) is 9.22. The topological polar surface area (TPSA) is 70.7 Å². The number of nitriles is 1. The maximum atomic E-state index is 12.6. The van der Waals surface area contributed by atoms with Crippen molar-refractivity contribution in [2.75, 3.05) is 0 Å². The number of carbonyl (C=O) groups excluding carboxylic acids is 1. The van der Waals surface area contributed by atoms with E-state index in [1.54, 1.807) is 24.3 Å². The molecule has 0 aliphatic heterocycles. The van der Waals surface area contributed by atoms with E-state index in [1.807, 2.05) is 71.5 Å². The fourth-order valence-corrected chi connectivity index (χ4v) is 3.10. The Labute approximate surface area is 168 Å². The Morgan fingerprint density at radius 1 is 0.966 bits per heavy atom. The molecule has 5 nitrogen and oxygen atoms in total. The monoisotopic (exact) mass is 378 g/mol. The molecule has 0 fully saturated rings. The first-order chi connectivity index (χ1) is 14.2. The summed E-state index contributed by atoms with van der Waals surface area (Å²) in [7, 11) is 0. The summed E-state index contributed by atoms with van der Waals surface area (Å²) in [6.45, 7) is 0.326. The Morgan fingerprint density at radius 3 is 2.41 bits per heavy atom. The van der Waals surface area contributed by atoms with Crippen LogP contribution in [0.4, 0.5) is 0 Å². The Morgan fingerprint density at radius 2 is 1.69 bits per heavy atom. The lowest BCUT2D eigenvalue weighted by Gasteiger charge is -2.06. The van der Waals surface area contributed by atoms with Crippen molar-refractivity contribution in [1.82, 2.24) is 15.1 Å². The maximum absolute atomic E-state index is 12.6. The van der Waals surface area contributed by atoms with Gasteiger partial charge >= 0.3 is 0 Å². The van der Waals surface area contributed by atoms with Crippen molar-refractivity contribution >= 4 is 5.91 Å². The Balaban J connectivity index is 1.63. The second-order valence-corrected chi connectivity index (χ2v) is 6.52. The third-order valence-electron chi connectivity index (χ3n) is 4.55. The molecular weight excluding hydrogens is 360 g/mol. The van der Waals surface area contributed by atoms with E-state index in [1.165, 1.54) is 0 Å². The van der Waals surface area contributed by atoms with Gasteiger partial charge in [-0.05, 0) is 30.3 Å². The lowest BCUT2D eigenvalue weighted by molar-refractivity contribution is 0.0951. The van der Waals surface area contributed by atoms with Gasteiger partial charge in [-0.2, -0.15) is 10.4 Å². The summed E-state index contributed by atoms with van der Waals surface area (Å²) >= 11 is 0. The molecule has 0 atom stereocenters. The molecule has 0 bridgehead atoms. The van der Waals surface area contributed by atoms with E-state index in [0.29, 0.717) is 17.7 Å². The molecule has 3 aromatic carbocycles. The van der Waals surface area contributed by atoms with Crippen LogP contribution in [0.15, 0.2) is 91.1 Å². The molecule has 0 saturated carbocycles. The number of para-hydroxylation sites is 1. The highest BCUT2D eigenvalue weighted by atomic mass is 16.1. The Hall–Kier alpha value is -4.17. The van der Waals surface area contributed by atoms with Crippen LogP contribution in [-0.4, -0.2) is 15.7 Å². The fraction of sp³-hybridized carbons (Fsp3) is 0.0417. The number of nitrogens with one attached hydrogen (secondary N) is 1. The van der Waals surface area contributed by atoms with Crippen molar-refractivity contribution in [3.8, 4) is 23.0 Å². The predicted octanol–water partition coefficient (Wildman–Crippen LogP) is 4.34. The van der Waals surface area contributed by atoms with E-state index in [2.05, 4.69) is 11.4 Å². The zero-order chi connectivity index (χ0) is 20.1. The zero-order valence-electron chi connectivity index (χ0n) is 15.6. The van der Waals surface area contributed by atoms with Gasteiger partial charge in [0.1, 0.15) is 0 Å². The van der Waals surface area contributed by atoms with E-state index in [4.69, 9.17) is 10.4 Å². The number of hydrogen-bond donors (Lipinski definition) is 1. The number of benzene rings is 3. The van der Waals surface area contributed by atoms with Gasteiger partial charge in [0.25, 0.3) is 5.91 Å². The average Bonchev–Trinajstić information content (AvgIpc) is 3.23. The van der Waals surface area contributed by atoms with Crippen molar-refractivity contribution in [3.63, 3.8) is 0 Å². The molecule has 140 valence electrons. The minimum Gasteiger partial charge on any atom is -0.348 e. The highest BCUT2D eigenvalue weighted by Gasteiger charge is 2.14. The van der Waals surface area contributed by atoms with Crippen LogP contribution in [0, 0.1) is 11.3 Å². The smallest absolute Gasteiger partial charge is 0.251 e. The van der Waals surface area contributed by atoms with Gasteiger partial charge in [0, 0.05) is 29.4 Å². The van der Waals surface area contributed by atoms with Gasteiger partial charge in [-0.25, -0.2) is 4.68 Å². The summed E-state index contributed by atoms with van der Waals surface area (Å²) in [4.78, 5) is 12.6. The molecule has 29 heavy (non-hydrogen) atoms. The quantitative estimate of drug-likeness (QED) is 0.561. The molecule has 1 aromatic heterocycles. The molecule has 5 heteroatoms. The summed E-state index contributed by atoms with van der Waals surface area (Å²) in [6, 6.07) is 28.5. The first kappa shape index (κ1) is 18.2. The van der Waals surface area contributed by atoms with Crippen LogP contribution >= 0.6 is 0 Å². The first-order valence-electron chi connectivity index (χ1n) is 9.22. The molecule has 1 heterocycles. The maximum Gasteiger partial charge on any atom is 0.251 e. The van der Waals surface area contributed by atoms with E-state index >= 15 is 0 Å². The van der Waals surface area contributed by atoms with Crippen LogP contribution in [0.2, 0.25) is 0 Å². The third kappa shape index (κ3) is 4.07. The van der Waals surface area contributed by atoms with Gasteiger partial charge in [0.05, 0.1) is 23.0 Å². The van der Waals surface area contributed by atoms with Gasteiger partial charge in [-0.3, -0.25) is 4.79 Å². The summed E-state index contributed by atoms with van der Waals surface area (Å²) < 4.78 is 1.82. The summed E-state index contributed by atoms with van der Waals surface area (Å²) in [6.07, 6.45) is 1.93. The van der Waals surface area contributed by atoms with E-state index in [9.17, 15) is 4.79 Å². The largest absolute Gasteiger partial charge is 0.348 e. The fourth-order valence-electron chi connectivity index (χ4n) is 3.10. The van der Waals surface area contributed by atoms with E-state index < -0.39 is 0 Å². The van der Waals surface area contributed by atoms with Gasteiger partial charge in [0.2, 0.25) is 0 Å². The molecule has 0 spiro atoms. The molecule has 1 amide bonds. The molecule has 4 aromatic rings. The van der Waals surface area contributed by atoms with Crippen molar-refractivity contribution in [2.45, 2.75) is 6.54 Å². The molecule has 0 radical (unpaired) electrons. The van der Waals surface area contributed by atoms with E-state index in [0.717, 1.165) is 22.5 Å². The summed E-state index contributed by atoms with van der Waals surface area (Å²) in [5.74, 6) is -0.228. The van der Waals surface area contributed by atoms with E-state index in [-0.39, 0.29) is 5.91 Å². The normalized spacial score (nSPS) is 10.3. The molecule has 4 rings (SSSR count). The standard InChI is InChI=1S/C24H18N4O/c25-15-18-8-7-11-20(14-18)24(29)26-16-21-17-28(22-12-5-2-6-13-22)27-23(21)19-9-3-1-4-10-19/h1-14,17H,16H2,(H,26,29). The van der Waals surface area contributed by atoms with Crippen LogP contribution in [-0.2, 0) is 6.54 Å². The number of rotatable bonds is 5. The predicted molar refractivity (Wildman–Crippen MR) is 111 cm³/mol. The minimum atomic E-state index is -0.228. The second kappa shape index (κ2) is 8.24. The Kier molecular flexibility index (Phi) is 5.17. The highest BCUT2D eigenvalue weighted by Crippen LogP contribution is 2.23. The number of nitrogens with zero attached hydrogens (tertiary/aromatic N) is 3. The van der Waals surface area contributed by atoms with Gasteiger partial charge in [0.15, 0.2) is 0 Å². The van der Waals surface area contributed by atoms with Crippen LogP contribution in [0.5, 0.6) is 0 Å². The number of aromatic nitrogens is 2. The van der Waals surface area contributed by atoms with Gasteiger partial charge in [-0.15, -0.1) is 0 Å². The minimum absolute atomic E-state index is 0.228. The average molecular weight is 378 g/mol. The summed E-state index contributed by atoms with van der Waals surface area (Å²) in [5, 5.41) is 16.7. The lowest BCUT2D eigenvalue weighted by atomic mass is 10.1. The van der Waals surface area contributed by atoms with Crippen molar-refractivity contribution in [2.24, 2.45) is 0 Å². The Bertz CT molecular complexity index is 1170. The van der Waals surface area contributed by atoms with Crippen molar-refractivity contribution in [1.29, 1.82) is 5.26 Å². The second-order valence-electron chi connectivity index (χ2n) is 6.52. The van der Waals surface area contributed by atoms with Crippen molar-refractivity contribution in [3.05, 3.63) is 108 Å². The number of carbonyl (C=O) groups is 1. The highest BCUT2D eigenvalue weighted by molar-refractivity contribution is 5.94. The third-order valence-corrected chi connectivity index (χ3v) is 4.55. The lowest BCUT2D eigenvalue weighted by Crippen LogP contribution is -2.22. The molecule has 0 unspecified atom stereocenters. The SMILES string of the molecule is N#Cc1cccc(C(=O)NCc2cn(-c3ccccc3)nc2-c2ccccc2)c1. The van der Waals surface area contributed by atoms with Crippen LogP contribution in [0.3, 0.4) is 0 Å². The van der Waals surface area contributed by atoms with Crippen LogP contribution in [0.1, 0.15) is 21.5 Å². The molecule has 0 aliphatic carbocycles. The molecule has 1 N–H and O–H groups in total. The number of hydrogen-bond acceptors (Lipinski definition) is 3. The van der Waals surface area contributed by atoms with Gasteiger partial charge < -0.3 is 5.32 Å². The van der Waals surface area contributed by atoms with Crippen LogP contribution in [0.25, 0.3) is 16.9 Å². The van der Waals surface area contributed by atoms with Crippen molar-refractivity contribution < 1.29 is 4.79 Å². The van der Waals surface area contributed by atoms with Crippen LogP contribution < -0.4 is 5.32 Å². The molecule has 0 aliphatic rings.